The van der Waals surface area contributed by atoms with E-state index in [0.717, 1.165) is 47.6 Å². The van der Waals surface area contributed by atoms with Crippen LogP contribution in [0.2, 0.25) is 0 Å². The molecule has 4 rings (SSSR count). The molecule has 2 aromatic carbocycles. The van der Waals surface area contributed by atoms with E-state index < -0.39 is 0 Å². The summed E-state index contributed by atoms with van der Waals surface area (Å²) in [4.78, 5) is 27.0. The molecule has 166 valence electrons. The number of carbonyl (C=O) groups excluding carboxylic acids is 2. The molecule has 0 spiro atoms. The molecule has 2 N–H and O–H groups in total. The Balaban J connectivity index is 1.40. The second kappa shape index (κ2) is 9.40. The maximum Gasteiger partial charge on any atom is 0.251 e. The van der Waals surface area contributed by atoms with Crippen molar-refractivity contribution >= 4 is 11.8 Å². The van der Waals surface area contributed by atoms with E-state index in [-0.39, 0.29) is 11.8 Å². The molecule has 1 aliphatic carbocycles. The van der Waals surface area contributed by atoms with E-state index >= 15 is 0 Å². The molecule has 6 heteroatoms. The molecule has 1 fully saturated rings. The SMILES string of the molecule is Cc1ccc(C(=O)NC2CC2)cc1-c1ccc(C(=O)NCc2ccc(CN(C)C)o2)cc1. The predicted octanol–water partition coefficient (Wildman–Crippen LogP) is 4.14. The zero-order chi connectivity index (χ0) is 22.7. The van der Waals surface area contributed by atoms with E-state index in [9.17, 15) is 9.59 Å². The minimum atomic E-state index is -0.156. The van der Waals surface area contributed by atoms with Crippen LogP contribution in [0.1, 0.15) is 50.6 Å². The standard InChI is InChI=1S/C26H29N3O3/c1-17-4-5-20(26(31)28-21-10-11-21)14-24(17)18-6-8-19(9-7-18)25(30)27-15-22-12-13-23(32-22)16-29(2)3/h4-9,12-14,21H,10-11,15-16H2,1-3H3,(H,27,30)(H,28,31). The number of aryl methyl sites for hydroxylation is 1. The van der Waals surface area contributed by atoms with E-state index in [1.165, 1.54) is 0 Å². The Hall–Kier alpha value is -3.38. The zero-order valence-electron chi connectivity index (χ0n) is 18.8. The van der Waals surface area contributed by atoms with Crippen molar-refractivity contribution in [2.24, 2.45) is 0 Å². The van der Waals surface area contributed by atoms with Crippen molar-refractivity contribution in [1.29, 1.82) is 0 Å². The number of hydrogen-bond donors (Lipinski definition) is 2. The third kappa shape index (κ3) is 5.45. The van der Waals surface area contributed by atoms with Gasteiger partial charge in [0.25, 0.3) is 11.8 Å². The Kier molecular flexibility index (Phi) is 6.42. The quantitative estimate of drug-likeness (QED) is 0.562. The molecule has 1 aromatic heterocycles. The van der Waals surface area contributed by atoms with Crippen molar-refractivity contribution in [2.75, 3.05) is 14.1 Å². The third-order valence-electron chi connectivity index (χ3n) is 5.48. The first kappa shape index (κ1) is 21.8. The Morgan fingerprint density at radius 3 is 2.31 bits per heavy atom. The number of nitrogens with zero attached hydrogens (tertiary/aromatic N) is 1. The van der Waals surface area contributed by atoms with Crippen LogP contribution in [0.25, 0.3) is 11.1 Å². The summed E-state index contributed by atoms with van der Waals surface area (Å²) in [5, 5.41) is 5.93. The van der Waals surface area contributed by atoms with Gasteiger partial charge < -0.3 is 20.0 Å². The lowest BCUT2D eigenvalue weighted by Crippen LogP contribution is -2.25. The van der Waals surface area contributed by atoms with Gasteiger partial charge in [0, 0.05) is 17.2 Å². The van der Waals surface area contributed by atoms with Gasteiger partial charge >= 0.3 is 0 Å². The van der Waals surface area contributed by atoms with Gasteiger partial charge in [0.05, 0.1) is 13.1 Å². The molecule has 0 atom stereocenters. The van der Waals surface area contributed by atoms with Gasteiger partial charge in [-0.05, 0) is 86.9 Å². The molecule has 0 saturated heterocycles. The number of furan rings is 1. The number of amides is 2. The molecule has 32 heavy (non-hydrogen) atoms. The van der Waals surface area contributed by atoms with Crippen LogP contribution >= 0.6 is 0 Å². The first-order chi connectivity index (χ1) is 15.4. The Labute approximate surface area is 188 Å². The fourth-order valence-corrected chi connectivity index (χ4v) is 3.56. The molecule has 0 aliphatic heterocycles. The molecule has 1 aliphatic rings. The average molecular weight is 432 g/mol. The Morgan fingerprint density at radius 2 is 1.62 bits per heavy atom. The van der Waals surface area contributed by atoms with Gasteiger partial charge in [0.1, 0.15) is 11.5 Å². The minimum Gasteiger partial charge on any atom is -0.463 e. The summed E-state index contributed by atoms with van der Waals surface area (Å²) < 4.78 is 5.74. The van der Waals surface area contributed by atoms with Crippen LogP contribution in [0, 0.1) is 6.92 Å². The van der Waals surface area contributed by atoms with Gasteiger partial charge in [0.15, 0.2) is 0 Å². The number of rotatable bonds is 8. The smallest absolute Gasteiger partial charge is 0.251 e. The van der Waals surface area contributed by atoms with Crippen LogP contribution in [0.15, 0.2) is 59.0 Å². The molecule has 1 saturated carbocycles. The first-order valence-corrected chi connectivity index (χ1v) is 10.9. The summed E-state index contributed by atoms with van der Waals surface area (Å²) in [7, 11) is 3.96. The highest BCUT2D eigenvalue weighted by atomic mass is 16.3. The van der Waals surface area contributed by atoms with Crippen molar-refractivity contribution in [1.82, 2.24) is 15.5 Å². The number of hydrogen-bond acceptors (Lipinski definition) is 4. The van der Waals surface area contributed by atoms with Crippen molar-refractivity contribution in [3.63, 3.8) is 0 Å². The first-order valence-electron chi connectivity index (χ1n) is 10.9. The Morgan fingerprint density at radius 1 is 0.938 bits per heavy atom. The second-order valence-electron chi connectivity index (χ2n) is 8.64. The van der Waals surface area contributed by atoms with Crippen LogP contribution < -0.4 is 10.6 Å². The summed E-state index contributed by atoms with van der Waals surface area (Å²) in [6.45, 7) is 3.08. The van der Waals surface area contributed by atoms with E-state index in [0.29, 0.717) is 23.7 Å². The maximum absolute atomic E-state index is 12.6. The van der Waals surface area contributed by atoms with Gasteiger partial charge in [-0.2, -0.15) is 0 Å². The van der Waals surface area contributed by atoms with Crippen molar-refractivity contribution in [2.45, 2.75) is 38.9 Å². The van der Waals surface area contributed by atoms with Crippen molar-refractivity contribution in [3.8, 4) is 11.1 Å². The lowest BCUT2D eigenvalue weighted by molar-refractivity contribution is 0.0941. The number of benzene rings is 2. The summed E-state index contributed by atoms with van der Waals surface area (Å²) in [5.74, 6) is 1.41. The highest BCUT2D eigenvalue weighted by molar-refractivity contribution is 5.97. The summed E-state index contributed by atoms with van der Waals surface area (Å²) in [5.41, 5.74) is 4.28. The molecule has 3 aromatic rings. The summed E-state index contributed by atoms with van der Waals surface area (Å²) in [6, 6.07) is 17.3. The van der Waals surface area contributed by atoms with E-state index in [1.54, 1.807) is 12.1 Å². The molecule has 6 nitrogen and oxygen atoms in total. The van der Waals surface area contributed by atoms with Crippen LogP contribution in [-0.4, -0.2) is 36.9 Å². The van der Waals surface area contributed by atoms with Crippen LogP contribution in [0.4, 0.5) is 0 Å². The highest BCUT2D eigenvalue weighted by Gasteiger charge is 2.24. The van der Waals surface area contributed by atoms with Crippen LogP contribution in [-0.2, 0) is 13.1 Å². The predicted molar refractivity (Wildman–Crippen MR) is 124 cm³/mol. The van der Waals surface area contributed by atoms with Crippen molar-refractivity contribution in [3.05, 3.63) is 82.8 Å². The Bertz CT molecular complexity index is 1110. The van der Waals surface area contributed by atoms with E-state index in [4.69, 9.17) is 4.42 Å². The van der Waals surface area contributed by atoms with E-state index in [1.807, 2.05) is 68.4 Å². The van der Waals surface area contributed by atoms with Crippen LogP contribution in [0.5, 0.6) is 0 Å². The summed E-state index contributed by atoms with van der Waals surface area (Å²) in [6.07, 6.45) is 2.12. The third-order valence-corrected chi connectivity index (χ3v) is 5.48. The average Bonchev–Trinajstić information content (AvgIpc) is 3.48. The monoisotopic (exact) mass is 431 g/mol. The number of nitrogens with one attached hydrogen (secondary N) is 2. The minimum absolute atomic E-state index is 0.0311. The highest BCUT2D eigenvalue weighted by Crippen LogP contribution is 2.26. The van der Waals surface area contributed by atoms with Gasteiger partial charge in [-0.1, -0.05) is 18.2 Å². The zero-order valence-corrected chi connectivity index (χ0v) is 18.8. The number of carbonyl (C=O) groups is 2. The van der Waals surface area contributed by atoms with Gasteiger partial charge in [-0.3, -0.25) is 9.59 Å². The van der Waals surface area contributed by atoms with Gasteiger partial charge in [0.2, 0.25) is 0 Å². The van der Waals surface area contributed by atoms with Crippen LogP contribution in [0.3, 0.4) is 0 Å². The van der Waals surface area contributed by atoms with Gasteiger partial charge in [-0.15, -0.1) is 0 Å². The molecular weight excluding hydrogens is 402 g/mol. The topological polar surface area (TPSA) is 74.6 Å². The molecule has 0 unspecified atom stereocenters. The second-order valence-corrected chi connectivity index (χ2v) is 8.64. The van der Waals surface area contributed by atoms with E-state index in [2.05, 4.69) is 10.6 Å². The lowest BCUT2D eigenvalue weighted by Gasteiger charge is -2.11. The molecular formula is C26H29N3O3. The van der Waals surface area contributed by atoms with Crippen molar-refractivity contribution < 1.29 is 14.0 Å². The molecule has 0 radical (unpaired) electrons. The maximum atomic E-state index is 12.6. The lowest BCUT2D eigenvalue weighted by atomic mass is 9.97. The normalized spacial score (nSPS) is 13.2. The largest absolute Gasteiger partial charge is 0.463 e. The van der Waals surface area contributed by atoms with Gasteiger partial charge in [-0.25, -0.2) is 0 Å². The molecule has 0 bridgehead atoms. The fraction of sp³-hybridized carbons (Fsp3) is 0.308. The molecule has 1 heterocycles. The fourth-order valence-electron chi connectivity index (χ4n) is 3.56. The molecule has 2 amide bonds. The summed E-state index contributed by atoms with van der Waals surface area (Å²) >= 11 is 0.